The van der Waals surface area contributed by atoms with Crippen molar-refractivity contribution < 1.29 is 14.7 Å². The molecule has 0 bridgehead atoms. The van der Waals surface area contributed by atoms with Gasteiger partial charge in [-0.25, -0.2) is 9.78 Å². The first-order valence-electron chi connectivity index (χ1n) is 7.41. The Labute approximate surface area is 134 Å². The van der Waals surface area contributed by atoms with Crippen molar-refractivity contribution in [1.29, 1.82) is 0 Å². The summed E-state index contributed by atoms with van der Waals surface area (Å²) in [6.07, 6.45) is 3.36. The predicted molar refractivity (Wildman–Crippen MR) is 84.0 cm³/mol. The van der Waals surface area contributed by atoms with Gasteiger partial charge >= 0.3 is 5.97 Å². The van der Waals surface area contributed by atoms with E-state index >= 15 is 0 Å². The summed E-state index contributed by atoms with van der Waals surface area (Å²) in [5.74, 6) is -0.450. The SMILES string of the molecule is CC[C@@H](NC(=O)C1CCN(c2ccc(Cl)cn2)CC1)C(=O)O. The quantitative estimate of drug-likeness (QED) is 0.864. The fourth-order valence-corrected chi connectivity index (χ4v) is 2.67. The number of carboxylic acids is 1. The number of aliphatic carboxylic acids is 1. The van der Waals surface area contributed by atoms with Crippen LogP contribution in [0.5, 0.6) is 0 Å². The molecule has 0 spiro atoms. The number of carboxylic acid groups (broad SMARTS) is 1. The predicted octanol–water partition coefficient (Wildman–Crippen LogP) is 1.93. The highest BCUT2D eigenvalue weighted by atomic mass is 35.5. The summed E-state index contributed by atoms with van der Waals surface area (Å²) in [5, 5.41) is 12.2. The molecule has 1 aliphatic heterocycles. The van der Waals surface area contributed by atoms with Crippen LogP contribution in [-0.2, 0) is 9.59 Å². The summed E-state index contributed by atoms with van der Waals surface area (Å²) >= 11 is 5.82. The average Bonchev–Trinajstić information content (AvgIpc) is 2.53. The second kappa shape index (κ2) is 7.45. The number of aromatic nitrogens is 1. The van der Waals surface area contributed by atoms with Crippen molar-refractivity contribution in [3.8, 4) is 0 Å². The second-order valence-corrected chi connectivity index (χ2v) is 5.84. The fraction of sp³-hybridized carbons (Fsp3) is 0.533. The van der Waals surface area contributed by atoms with Gasteiger partial charge in [-0.15, -0.1) is 0 Å². The highest BCUT2D eigenvalue weighted by molar-refractivity contribution is 6.30. The van der Waals surface area contributed by atoms with E-state index in [2.05, 4.69) is 15.2 Å². The number of hydrogen-bond donors (Lipinski definition) is 2. The van der Waals surface area contributed by atoms with E-state index in [-0.39, 0.29) is 11.8 Å². The zero-order valence-corrected chi connectivity index (χ0v) is 13.2. The van der Waals surface area contributed by atoms with Gasteiger partial charge in [-0.1, -0.05) is 18.5 Å². The molecular weight excluding hydrogens is 306 g/mol. The number of carbonyl (C=O) groups is 2. The molecular formula is C15H20ClN3O3. The molecule has 0 aliphatic carbocycles. The zero-order valence-electron chi connectivity index (χ0n) is 12.5. The molecule has 1 saturated heterocycles. The number of amides is 1. The molecule has 1 aliphatic rings. The molecule has 2 heterocycles. The van der Waals surface area contributed by atoms with Gasteiger partial charge in [-0.3, -0.25) is 4.79 Å². The minimum absolute atomic E-state index is 0.142. The van der Waals surface area contributed by atoms with Crippen LogP contribution in [0.15, 0.2) is 18.3 Å². The van der Waals surface area contributed by atoms with Gasteiger partial charge in [0.15, 0.2) is 0 Å². The smallest absolute Gasteiger partial charge is 0.326 e. The zero-order chi connectivity index (χ0) is 16.1. The maximum atomic E-state index is 12.1. The number of hydrogen-bond acceptors (Lipinski definition) is 4. The molecule has 22 heavy (non-hydrogen) atoms. The molecule has 0 unspecified atom stereocenters. The van der Waals surface area contributed by atoms with Crippen molar-refractivity contribution in [2.24, 2.45) is 5.92 Å². The van der Waals surface area contributed by atoms with Crippen LogP contribution in [0, 0.1) is 5.92 Å². The van der Waals surface area contributed by atoms with Crippen LogP contribution >= 0.6 is 11.6 Å². The van der Waals surface area contributed by atoms with E-state index in [9.17, 15) is 9.59 Å². The number of nitrogens with one attached hydrogen (secondary N) is 1. The van der Waals surface area contributed by atoms with Crippen molar-refractivity contribution in [3.05, 3.63) is 23.4 Å². The number of pyridine rings is 1. The summed E-state index contributed by atoms with van der Waals surface area (Å²) in [6, 6.07) is 2.85. The van der Waals surface area contributed by atoms with Gasteiger partial charge in [0.2, 0.25) is 5.91 Å². The lowest BCUT2D eigenvalue weighted by Crippen LogP contribution is -2.46. The number of rotatable bonds is 5. The molecule has 6 nitrogen and oxygen atoms in total. The van der Waals surface area contributed by atoms with Crippen LogP contribution in [0.1, 0.15) is 26.2 Å². The standard InChI is InChI=1S/C15H20ClN3O3/c1-2-12(15(21)22)18-14(20)10-5-7-19(8-6-10)13-4-3-11(16)9-17-13/h3-4,9-10,12H,2,5-8H2,1H3,(H,18,20)(H,21,22)/t12-/m1/s1. The van der Waals surface area contributed by atoms with E-state index in [1.54, 1.807) is 19.2 Å². The molecule has 1 aromatic rings. The maximum absolute atomic E-state index is 12.1. The van der Waals surface area contributed by atoms with E-state index in [0.29, 0.717) is 24.3 Å². The molecule has 0 aromatic carbocycles. The molecule has 2 rings (SSSR count). The molecule has 1 atom stereocenters. The molecule has 0 radical (unpaired) electrons. The van der Waals surface area contributed by atoms with Gasteiger partial charge in [0.1, 0.15) is 11.9 Å². The summed E-state index contributed by atoms with van der Waals surface area (Å²) < 4.78 is 0. The van der Waals surface area contributed by atoms with Crippen LogP contribution < -0.4 is 10.2 Å². The molecule has 2 N–H and O–H groups in total. The Morgan fingerprint density at radius 1 is 1.45 bits per heavy atom. The Hall–Kier alpha value is -1.82. The van der Waals surface area contributed by atoms with Crippen LogP contribution in [0.25, 0.3) is 0 Å². The Morgan fingerprint density at radius 3 is 2.64 bits per heavy atom. The Kier molecular flexibility index (Phi) is 5.60. The highest BCUT2D eigenvalue weighted by Gasteiger charge is 2.28. The van der Waals surface area contributed by atoms with Crippen molar-refractivity contribution in [2.45, 2.75) is 32.2 Å². The van der Waals surface area contributed by atoms with Crippen LogP contribution in [-0.4, -0.2) is 41.1 Å². The van der Waals surface area contributed by atoms with E-state index in [0.717, 1.165) is 18.9 Å². The number of nitrogens with zero attached hydrogens (tertiary/aromatic N) is 2. The summed E-state index contributed by atoms with van der Waals surface area (Å²) in [7, 11) is 0. The summed E-state index contributed by atoms with van der Waals surface area (Å²) in [5.41, 5.74) is 0. The van der Waals surface area contributed by atoms with Crippen LogP contribution in [0.2, 0.25) is 5.02 Å². The third-order valence-electron chi connectivity index (χ3n) is 3.92. The van der Waals surface area contributed by atoms with Crippen LogP contribution in [0.3, 0.4) is 0 Å². The lowest BCUT2D eigenvalue weighted by molar-refractivity contribution is -0.142. The normalized spacial score (nSPS) is 17.1. The third-order valence-corrected chi connectivity index (χ3v) is 4.15. The number of halogens is 1. The number of carbonyl (C=O) groups excluding carboxylic acids is 1. The summed E-state index contributed by atoms with van der Waals surface area (Å²) in [4.78, 5) is 29.5. The third kappa shape index (κ3) is 4.10. The van der Waals surface area contributed by atoms with Gasteiger partial charge in [0.25, 0.3) is 0 Å². The monoisotopic (exact) mass is 325 g/mol. The first kappa shape index (κ1) is 16.5. The largest absolute Gasteiger partial charge is 0.480 e. The Morgan fingerprint density at radius 2 is 2.14 bits per heavy atom. The van der Waals surface area contributed by atoms with Gasteiger partial charge < -0.3 is 15.3 Å². The van der Waals surface area contributed by atoms with E-state index in [4.69, 9.17) is 16.7 Å². The minimum Gasteiger partial charge on any atom is -0.480 e. The lowest BCUT2D eigenvalue weighted by Gasteiger charge is -2.32. The lowest BCUT2D eigenvalue weighted by atomic mass is 9.95. The molecule has 120 valence electrons. The number of piperidine rings is 1. The molecule has 1 fully saturated rings. The van der Waals surface area contributed by atoms with Crippen molar-refractivity contribution in [2.75, 3.05) is 18.0 Å². The van der Waals surface area contributed by atoms with Gasteiger partial charge in [0.05, 0.1) is 5.02 Å². The number of anilines is 1. The van der Waals surface area contributed by atoms with Crippen LogP contribution in [0.4, 0.5) is 5.82 Å². The fourth-order valence-electron chi connectivity index (χ4n) is 2.55. The van der Waals surface area contributed by atoms with Crippen molar-refractivity contribution in [3.63, 3.8) is 0 Å². The van der Waals surface area contributed by atoms with Gasteiger partial charge in [-0.05, 0) is 31.4 Å². The Bertz CT molecular complexity index is 527. The second-order valence-electron chi connectivity index (χ2n) is 5.40. The Balaban J connectivity index is 1.87. The molecule has 7 heteroatoms. The van der Waals surface area contributed by atoms with E-state index < -0.39 is 12.0 Å². The average molecular weight is 326 g/mol. The topological polar surface area (TPSA) is 82.5 Å². The first-order chi connectivity index (χ1) is 10.5. The molecule has 1 aromatic heterocycles. The first-order valence-corrected chi connectivity index (χ1v) is 7.78. The van der Waals surface area contributed by atoms with Gasteiger partial charge in [0, 0.05) is 25.2 Å². The maximum Gasteiger partial charge on any atom is 0.326 e. The molecule has 0 saturated carbocycles. The van der Waals surface area contributed by atoms with Gasteiger partial charge in [-0.2, -0.15) is 0 Å². The van der Waals surface area contributed by atoms with Crippen molar-refractivity contribution in [1.82, 2.24) is 10.3 Å². The van der Waals surface area contributed by atoms with E-state index in [1.165, 1.54) is 0 Å². The van der Waals surface area contributed by atoms with Crippen molar-refractivity contribution >= 4 is 29.3 Å². The highest BCUT2D eigenvalue weighted by Crippen LogP contribution is 2.23. The minimum atomic E-state index is -0.987. The van der Waals surface area contributed by atoms with E-state index in [1.807, 2.05) is 6.07 Å². The summed E-state index contributed by atoms with van der Waals surface area (Å²) in [6.45, 7) is 3.18. The molecule has 1 amide bonds.